The monoisotopic (exact) mass is 923 g/mol. The SMILES string of the molecule is CCCCCCCCOc1ccc(-c2ncc(Oc3cnc(-c4ccc(OCCCCCCCC)cc4)nc3CCCCCC[Si](C)(C)CC)c(CCCCCC[Si](C)(C)CC)n2)cc1. The van der Waals surface area contributed by atoms with Gasteiger partial charge >= 0.3 is 0 Å². The Morgan fingerprint density at radius 2 is 0.769 bits per heavy atom. The summed E-state index contributed by atoms with van der Waals surface area (Å²) in [7, 11) is -2.11. The van der Waals surface area contributed by atoms with Gasteiger partial charge in [-0.15, -0.1) is 0 Å². The van der Waals surface area contributed by atoms with Crippen molar-refractivity contribution >= 4 is 16.1 Å². The molecule has 9 heteroatoms. The van der Waals surface area contributed by atoms with E-state index in [-0.39, 0.29) is 0 Å². The number of unbranched alkanes of at least 4 members (excludes halogenated alkanes) is 16. The fraction of sp³-hybridized carbons (Fsp3) is 0.643. The van der Waals surface area contributed by atoms with E-state index in [0.29, 0.717) is 23.1 Å². The van der Waals surface area contributed by atoms with Crippen molar-refractivity contribution in [1.82, 2.24) is 19.9 Å². The first-order chi connectivity index (χ1) is 31.6. The molecule has 0 saturated heterocycles. The van der Waals surface area contributed by atoms with Crippen LogP contribution < -0.4 is 14.2 Å². The van der Waals surface area contributed by atoms with E-state index in [1.807, 2.05) is 12.4 Å². The van der Waals surface area contributed by atoms with Crippen LogP contribution >= 0.6 is 0 Å². The topological polar surface area (TPSA) is 79.2 Å². The summed E-state index contributed by atoms with van der Waals surface area (Å²) in [5, 5.41) is 0. The lowest BCUT2D eigenvalue weighted by molar-refractivity contribution is 0.304. The van der Waals surface area contributed by atoms with Gasteiger partial charge in [-0.25, -0.2) is 19.9 Å². The third-order valence-corrected chi connectivity index (χ3v) is 20.8. The number of ether oxygens (including phenoxy) is 3. The van der Waals surface area contributed by atoms with E-state index in [1.54, 1.807) is 0 Å². The predicted octanol–water partition coefficient (Wildman–Crippen LogP) is 17.5. The minimum Gasteiger partial charge on any atom is -0.494 e. The van der Waals surface area contributed by atoms with Gasteiger partial charge in [-0.3, -0.25) is 0 Å². The molecular weight excluding hydrogens is 833 g/mol. The highest BCUT2D eigenvalue weighted by molar-refractivity contribution is 6.77. The molecule has 0 radical (unpaired) electrons. The second kappa shape index (κ2) is 30.7. The summed E-state index contributed by atoms with van der Waals surface area (Å²) in [5.74, 6) is 4.61. The standard InChI is InChI=1S/C56H90N4O3Si2/c1-9-13-15-17-21-27-41-61-49-37-33-47(34-38-49)55-57-45-53(51(59-55)31-25-19-23-29-43-64(5,6)11-3)63-54-46-58-56(60-52(54)32-26-20-24-30-44-65(7,8)12-4)48-35-39-50(40-36-48)62-42-28-22-18-16-14-10-2/h33-40,45-46H,9-32,41-44H2,1-8H3. The Balaban J connectivity index is 1.51. The van der Waals surface area contributed by atoms with E-state index < -0.39 is 16.1 Å². The molecule has 0 saturated carbocycles. The predicted molar refractivity (Wildman–Crippen MR) is 283 cm³/mol. The van der Waals surface area contributed by atoms with Crippen LogP contribution in [0.15, 0.2) is 60.9 Å². The van der Waals surface area contributed by atoms with Crippen LogP contribution in [0.3, 0.4) is 0 Å². The largest absolute Gasteiger partial charge is 0.494 e. The maximum Gasteiger partial charge on any atom is 0.167 e. The lowest BCUT2D eigenvalue weighted by Crippen LogP contribution is -2.22. The Morgan fingerprint density at radius 1 is 0.415 bits per heavy atom. The number of nitrogens with zero attached hydrogens (tertiary/aromatic N) is 4. The van der Waals surface area contributed by atoms with Crippen LogP contribution in [0, 0.1) is 0 Å². The van der Waals surface area contributed by atoms with Crippen molar-refractivity contribution in [2.75, 3.05) is 13.2 Å². The molecule has 4 aromatic rings. The molecule has 2 aromatic heterocycles. The molecule has 0 aliphatic heterocycles. The Hall–Kier alpha value is -3.57. The number of rotatable bonds is 36. The number of hydrogen-bond acceptors (Lipinski definition) is 7. The first kappa shape index (κ1) is 54.0. The fourth-order valence-corrected chi connectivity index (χ4v) is 11.3. The quantitative estimate of drug-likeness (QED) is 0.0332. The van der Waals surface area contributed by atoms with Crippen molar-refractivity contribution in [3.8, 4) is 45.8 Å². The van der Waals surface area contributed by atoms with Gasteiger partial charge < -0.3 is 14.2 Å². The first-order valence-electron chi connectivity index (χ1n) is 26.4. The van der Waals surface area contributed by atoms with Crippen molar-refractivity contribution in [2.45, 2.75) is 219 Å². The van der Waals surface area contributed by atoms with Crippen molar-refractivity contribution in [2.24, 2.45) is 0 Å². The van der Waals surface area contributed by atoms with E-state index in [4.69, 9.17) is 34.1 Å². The second-order valence-electron chi connectivity index (χ2n) is 20.3. The number of aryl methyl sites for hydroxylation is 2. The molecule has 4 rings (SSSR count). The van der Waals surface area contributed by atoms with E-state index in [0.717, 1.165) is 85.8 Å². The summed E-state index contributed by atoms with van der Waals surface area (Å²) >= 11 is 0. The van der Waals surface area contributed by atoms with Crippen LogP contribution in [0.1, 0.15) is 167 Å². The highest BCUT2D eigenvalue weighted by Gasteiger charge is 2.19. The molecule has 0 bridgehead atoms. The molecule has 2 aromatic carbocycles. The summed E-state index contributed by atoms with van der Waals surface area (Å²) < 4.78 is 19.0. The molecule has 0 N–H and O–H groups in total. The van der Waals surface area contributed by atoms with Gasteiger partial charge in [-0.1, -0.05) is 181 Å². The molecular formula is C56H90N4O3Si2. The Morgan fingerprint density at radius 3 is 1.15 bits per heavy atom. The molecule has 0 aliphatic carbocycles. The zero-order valence-corrected chi connectivity index (χ0v) is 44.6. The van der Waals surface area contributed by atoms with E-state index >= 15 is 0 Å². The number of benzene rings is 2. The molecule has 0 aliphatic rings. The highest BCUT2D eigenvalue weighted by atomic mass is 28.3. The van der Waals surface area contributed by atoms with Gasteiger partial charge in [0.05, 0.1) is 37.0 Å². The number of hydrogen-bond donors (Lipinski definition) is 0. The molecule has 0 fully saturated rings. The van der Waals surface area contributed by atoms with Gasteiger partial charge in [0.15, 0.2) is 23.1 Å². The van der Waals surface area contributed by atoms with Crippen molar-refractivity contribution < 1.29 is 14.2 Å². The van der Waals surface area contributed by atoms with E-state index in [2.05, 4.69) is 102 Å². The maximum absolute atomic E-state index is 6.83. The van der Waals surface area contributed by atoms with Gasteiger partial charge in [0.25, 0.3) is 0 Å². The van der Waals surface area contributed by atoms with Crippen LogP contribution in [0.25, 0.3) is 22.8 Å². The summed E-state index contributed by atoms with van der Waals surface area (Å²) in [6.45, 7) is 20.9. The smallest absolute Gasteiger partial charge is 0.167 e. The van der Waals surface area contributed by atoms with Gasteiger partial charge in [0.2, 0.25) is 0 Å². The normalized spacial score (nSPS) is 11.9. The Kier molecular flexibility index (Phi) is 25.5. The van der Waals surface area contributed by atoms with Crippen molar-refractivity contribution in [1.29, 1.82) is 0 Å². The fourth-order valence-electron chi connectivity index (χ4n) is 8.14. The maximum atomic E-state index is 6.83. The molecule has 0 spiro atoms. The highest BCUT2D eigenvalue weighted by Crippen LogP contribution is 2.32. The lowest BCUT2D eigenvalue weighted by atomic mass is 10.1. The van der Waals surface area contributed by atoms with E-state index in [9.17, 15) is 0 Å². The molecule has 7 nitrogen and oxygen atoms in total. The van der Waals surface area contributed by atoms with Crippen LogP contribution in [-0.4, -0.2) is 49.3 Å². The summed E-state index contributed by atoms with van der Waals surface area (Å²) in [6, 6.07) is 22.1. The molecule has 0 unspecified atom stereocenters. The van der Waals surface area contributed by atoms with Crippen LogP contribution in [0.2, 0.25) is 50.4 Å². The first-order valence-corrected chi connectivity index (χ1v) is 33.3. The van der Waals surface area contributed by atoms with Crippen molar-refractivity contribution in [3.05, 3.63) is 72.3 Å². The number of aromatic nitrogens is 4. The van der Waals surface area contributed by atoms with Crippen LogP contribution in [0.5, 0.6) is 23.0 Å². The van der Waals surface area contributed by atoms with Gasteiger partial charge in [0.1, 0.15) is 11.5 Å². The average Bonchev–Trinajstić information content (AvgIpc) is 3.32. The Labute approximate surface area is 399 Å². The lowest BCUT2D eigenvalue weighted by Gasteiger charge is -2.19. The Bertz CT molecular complexity index is 1730. The average molecular weight is 924 g/mol. The zero-order chi connectivity index (χ0) is 46.6. The summed E-state index contributed by atoms with van der Waals surface area (Å²) in [4.78, 5) is 20.2. The zero-order valence-electron chi connectivity index (χ0n) is 42.6. The minimum absolute atomic E-state index is 0.698. The van der Waals surface area contributed by atoms with E-state index in [1.165, 1.54) is 127 Å². The second-order valence-corrected chi connectivity index (χ2v) is 31.3. The minimum atomic E-state index is -1.06. The van der Waals surface area contributed by atoms with Gasteiger partial charge in [-0.05, 0) is 87.1 Å². The van der Waals surface area contributed by atoms with Gasteiger partial charge in [0, 0.05) is 27.3 Å². The van der Waals surface area contributed by atoms with Crippen LogP contribution in [0.4, 0.5) is 0 Å². The molecule has 0 atom stereocenters. The third kappa shape index (κ3) is 21.3. The van der Waals surface area contributed by atoms with Gasteiger partial charge in [-0.2, -0.15) is 0 Å². The molecule has 2 heterocycles. The molecule has 0 amide bonds. The van der Waals surface area contributed by atoms with Crippen molar-refractivity contribution in [3.63, 3.8) is 0 Å². The summed E-state index contributed by atoms with van der Waals surface area (Å²) in [6.07, 6.45) is 30.1. The van der Waals surface area contributed by atoms with Crippen LogP contribution in [-0.2, 0) is 12.8 Å². The molecule has 65 heavy (non-hydrogen) atoms. The summed E-state index contributed by atoms with van der Waals surface area (Å²) in [5.41, 5.74) is 3.84. The molecule has 360 valence electrons. The third-order valence-electron chi connectivity index (χ3n) is 13.6.